The molecule has 364 valence electrons. The first-order valence-corrected chi connectivity index (χ1v) is 27.1. The van der Waals surface area contributed by atoms with E-state index in [-0.39, 0.29) is 43.0 Å². The highest BCUT2D eigenvalue weighted by atomic mass is 79.9. The number of imide groups is 1. The summed E-state index contributed by atoms with van der Waals surface area (Å²) in [5.41, 5.74) is 7.61. The van der Waals surface area contributed by atoms with Gasteiger partial charge in [0.25, 0.3) is 0 Å². The Morgan fingerprint density at radius 1 is 0.942 bits per heavy atom. The minimum atomic E-state index is -2.75. The fourth-order valence-corrected chi connectivity index (χ4v) is 11.7. The number of rotatable bonds is 16. The van der Waals surface area contributed by atoms with E-state index >= 15 is 0 Å². The molecule has 16 nitrogen and oxygen atoms in total. The SMILES string of the molecule is CCc1ccc2c(P(C)(C)=O)c(Nc3nc(Nc4cc(CC)c(N5CCC(NCCNC(=O)Cc6c(C)ccc7c6C(C)(C)C(=O)N7C6CCC(=O)NC6=O)CC5)cc4OC)ncc3Br)ccc2n1. The third-order valence-corrected chi connectivity index (χ3v) is 15.7. The molecule has 1 unspecified atom stereocenters. The Labute approximate surface area is 412 Å². The molecule has 2 saturated heterocycles. The number of carbonyl (C=O) groups is 4. The Morgan fingerprint density at radius 3 is 2.41 bits per heavy atom. The van der Waals surface area contributed by atoms with Crippen LogP contribution in [0.25, 0.3) is 10.9 Å². The van der Waals surface area contributed by atoms with Gasteiger partial charge in [-0.25, -0.2) is 4.98 Å². The minimum Gasteiger partial charge on any atom is -0.494 e. The summed E-state index contributed by atoms with van der Waals surface area (Å²) in [5, 5.41) is 17.5. The Bertz CT molecular complexity index is 2900. The van der Waals surface area contributed by atoms with Gasteiger partial charge in [0.2, 0.25) is 29.6 Å². The molecular formula is C51H62BrN10O6P. The summed E-state index contributed by atoms with van der Waals surface area (Å²) in [7, 11) is -1.10. The lowest BCUT2D eigenvalue weighted by Gasteiger charge is -2.35. The van der Waals surface area contributed by atoms with Crippen molar-refractivity contribution in [2.24, 2.45) is 0 Å². The van der Waals surface area contributed by atoms with Gasteiger partial charge in [-0.2, -0.15) is 4.98 Å². The highest BCUT2D eigenvalue weighted by Crippen LogP contribution is 2.47. The Balaban J connectivity index is 0.871. The molecule has 5 N–H and O–H groups in total. The number of pyridine rings is 1. The monoisotopic (exact) mass is 1020 g/mol. The smallest absolute Gasteiger partial charge is 0.249 e. The zero-order valence-electron chi connectivity index (χ0n) is 40.6. The van der Waals surface area contributed by atoms with Crippen LogP contribution in [0.5, 0.6) is 5.75 Å². The number of hydrogen-bond donors (Lipinski definition) is 5. The molecule has 0 spiro atoms. The van der Waals surface area contributed by atoms with Crippen molar-refractivity contribution >= 4 is 97.4 Å². The fourth-order valence-electron chi connectivity index (χ4n) is 9.98. The summed E-state index contributed by atoms with van der Waals surface area (Å²) in [5.74, 6) is 0.365. The molecule has 2 fully saturated rings. The number of benzene rings is 3. The van der Waals surface area contributed by atoms with E-state index in [1.165, 1.54) is 4.90 Å². The van der Waals surface area contributed by atoms with Gasteiger partial charge in [0, 0.05) is 78.7 Å². The molecule has 8 rings (SSSR count). The van der Waals surface area contributed by atoms with Gasteiger partial charge in [-0.1, -0.05) is 26.0 Å². The van der Waals surface area contributed by atoms with E-state index in [0.717, 1.165) is 94.3 Å². The molecule has 0 saturated carbocycles. The van der Waals surface area contributed by atoms with Gasteiger partial charge in [0.15, 0.2) is 0 Å². The lowest BCUT2D eigenvalue weighted by atomic mass is 9.80. The number of nitrogens with zero attached hydrogens (tertiary/aromatic N) is 5. The maximum Gasteiger partial charge on any atom is 0.249 e. The second-order valence-corrected chi connectivity index (χ2v) is 23.0. The first kappa shape index (κ1) is 49.5. The van der Waals surface area contributed by atoms with E-state index in [1.54, 1.807) is 26.6 Å². The number of anilines is 6. The zero-order valence-corrected chi connectivity index (χ0v) is 43.1. The number of aromatic nitrogens is 3. The predicted molar refractivity (Wildman–Crippen MR) is 277 cm³/mol. The van der Waals surface area contributed by atoms with Gasteiger partial charge in [0.05, 0.1) is 40.3 Å². The summed E-state index contributed by atoms with van der Waals surface area (Å²) in [4.78, 5) is 70.0. The number of halogens is 1. The van der Waals surface area contributed by atoms with Crippen LogP contribution in [-0.2, 0) is 48.4 Å². The molecule has 69 heavy (non-hydrogen) atoms. The van der Waals surface area contributed by atoms with Gasteiger partial charge in [0.1, 0.15) is 24.8 Å². The van der Waals surface area contributed by atoms with Crippen LogP contribution in [0, 0.1) is 6.92 Å². The van der Waals surface area contributed by atoms with Crippen LogP contribution in [-0.4, -0.2) is 97.3 Å². The first-order valence-electron chi connectivity index (χ1n) is 23.7. The van der Waals surface area contributed by atoms with Crippen molar-refractivity contribution < 1.29 is 28.5 Å². The summed E-state index contributed by atoms with van der Waals surface area (Å²) in [6, 6.07) is 15.3. The number of ether oxygens (including phenoxy) is 1. The maximum atomic E-state index is 13.8. The molecular weight excluding hydrogens is 960 g/mol. The van der Waals surface area contributed by atoms with Gasteiger partial charge >= 0.3 is 0 Å². The lowest BCUT2D eigenvalue weighted by Crippen LogP contribution is -2.55. The zero-order chi connectivity index (χ0) is 49.4. The standard InChI is InChI=1S/C51H62BrN10O6P/c1-9-30-25-38(58-50-55-28-35(52)47(60-50)57-37-15-14-36-33(46(37)69(7,8)67)13-12-31(10-2)56-36)42(68-6)27-41(30)61-23-19-32(20-24-61)53-21-22-54-44(64)26-34-29(3)11-16-39-45(34)51(4,5)49(66)62(39)40-17-18-43(63)59-48(40)65/h11-16,25,27-28,32,40,53H,9-10,17-24,26H2,1-8H3,(H,54,64)(H,59,63,65)(H2,55,57,58,60). The van der Waals surface area contributed by atoms with Gasteiger partial charge < -0.3 is 35.5 Å². The quantitative estimate of drug-likeness (QED) is 0.0375. The van der Waals surface area contributed by atoms with E-state index in [9.17, 15) is 23.7 Å². The molecule has 4 amide bonds. The van der Waals surface area contributed by atoms with Crippen molar-refractivity contribution in [3.05, 3.63) is 87.1 Å². The van der Waals surface area contributed by atoms with Crippen molar-refractivity contribution in [3.63, 3.8) is 0 Å². The van der Waals surface area contributed by atoms with Crippen molar-refractivity contribution in [1.29, 1.82) is 0 Å². The van der Waals surface area contributed by atoms with Gasteiger partial charge in [-0.05, 0) is 135 Å². The van der Waals surface area contributed by atoms with Gasteiger partial charge in [-0.3, -0.25) is 34.4 Å². The number of amides is 4. The van der Waals surface area contributed by atoms with E-state index in [0.29, 0.717) is 46.5 Å². The van der Waals surface area contributed by atoms with Gasteiger partial charge in [-0.15, -0.1) is 0 Å². The molecule has 2 aromatic heterocycles. The van der Waals surface area contributed by atoms with Crippen LogP contribution < -0.4 is 46.4 Å². The molecule has 3 aliphatic rings. The second kappa shape index (κ2) is 20.2. The fraction of sp³-hybridized carbons (Fsp3) is 0.431. The largest absolute Gasteiger partial charge is 0.494 e. The summed E-state index contributed by atoms with van der Waals surface area (Å²) in [6.45, 7) is 16.1. The summed E-state index contributed by atoms with van der Waals surface area (Å²) >= 11 is 3.62. The number of carbonyl (C=O) groups excluding carboxylic acids is 4. The van der Waals surface area contributed by atoms with Crippen LogP contribution in [0.4, 0.5) is 34.5 Å². The topological polar surface area (TPSA) is 200 Å². The maximum absolute atomic E-state index is 13.8. The average Bonchev–Trinajstić information content (AvgIpc) is 3.52. The Morgan fingerprint density at radius 2 is 1.71 bits per heavy atom. The lowest BCUT2D eigenvalue weighted by molar-refractivity contribution is -0.136. The minimum absolute atomic E-state index is 0.104. The van der Waals surface area contributed by atoms with Crippen LogP contribution in [0.3, 0.4) is 0 Å². The van der Waals surface area contributed by atoms with Crippen LogP contribution in [0.15, 0.2) is 59.2 Å². The van der Waals surface area contributed by atoms with Crippen molar-refractivity contribution in [1.82, 2.24) is 30.9 Å². The molecule has 18 heteroatoms. The van der Waals surface area contributed by atoms with Crippen LogP contribution in [0.2, 0.25) is 0 Å². The Kier molecular flexibility index (Phi) is 14.5. The second-order valence-electron chi connectivity index (χ2n) is 19.0. The molecule has 0 radical (unpaired) electrons. The van der Waals surface area contributed by atoms with Crippen LogP contribution >= 0.6 is 23.1 Å². The molecule has 3 aliphatic heterocycles. The summed E-state index contributed by atoms with van der Waals surface area (Å²) < 4.78 is 20.3. The first-order chi connectivity index (χ1) is 32.9. The third-order valence-electron chi connectivity index (χ3n) is 13.6. The molecule has 1 atom stereocenters. The average molecular weight is 1020 g/mol. The third kappa shape index (κ3) is 10.2. The van der Waals surface area contributed by atoms with Crippen molar-refractivity contribution in [3.8, 4) is 5.75 Å². The summed E-state index contributed by atoms with van der Waals surface area (Å²) in [6.07, 6.45) is 5.66. The van der Waals surface area contributed by atoms with Crippen LogP contribution in [0.1, 0.15) is 81.3 Å². The van der Waals surface area contributed by atoms with E-state index in [1.807, 2.05) is 57.2 Å². The number of hydrogen-bond acceptors (Lipinski definition) is 13. The number of aryl methyl sites for hydroxylation is 3. The molecule has 0 aliphatic carbocycles. The van der Waals surface area contributed by atoms with Crippen molar-refractivity contribution in [2.45, 2.75) is 97.1 Å². The highest BCUT2D eigenvalue weighted by molar-refractivity contribution is 9.10. The number of fused-ring (bicyclic) bond motifs is 2. The van der Waals surface area contributed by atoms with E-state index < -0.39 is 24.5 Å². The molecule has 3 aromatic carbocycles. The predicted octanol–water partition coefficient (Wildman–Crippen LogP) is 7.31. The number of nitrogens with one attached hydrogen (secondary N) is 5. The van der Waals surface area contributed by atoms with Crippen molar-refractivity contribution in [2.75, 3.05) is 67.1 Å². The molecule has 0 bridgehead atoms. The van der Waals surface area contributed by atoms with E-state index in [2.05, 4.69) is 78.4 Å². The van der Waals surface area contributed by atoms with E-state index in [4.69, 9.17) is 14.7 Å². The Hall–Kier alpha value is -5.90. The molecule has 5 aromatic rings. The number of piperidine rings is 2. The normalized spacial score (nSPS) is 17.2. The number of methoxy groups -OCH3 is 1. The molecule has 5 heterocycles. The highest BCUT2D eigenvalue weighted by Gasteiger charge is 2.50.